The maximum Gasteiger partial charge on any atom is 0.0593 e. The molecule has 0 saturated carbocycles. The summed E-state index contributed by atoms with van der Waals surface area (Å²) >= 11 is 0. The first-order valence-corrected chi connectivity index (χ1v) is 6.85. The summed E-state index contributed by atoms with van der Waals surface area (Å²) < 4.78 is 5.65. The summed E-state index contributed by atoms with van der Waals surface area (Å²) in [6.45, 7) is 20.2. The molecule has 17 heavy (non-hydrogen) atoms. The van der Waals surface area contributed by atoms with Crippen LogP contribution in [0.5, 0.6) is 0 Å². The highest BCUT2D eigenvalue weighted by Gasteiger charge is 2.11. The van der Waals surface area contributed by atoms with Crippen molar-refractivity contribution in [3.05, 3.63) is 12.2 Å². The number of hydrogen-bond donors (Lipinski definition) is 0. The summed E-state index contributed by atoms with van der Waals surface area (Å²) in [5.74, 6) is 0. The van der Waals surface area contributed by atoms with E-state index in [0.717, 1.165) is 45.7 Å². The van der Waals surface area contributed by atoms with Gasteiger partial charge in [-0.2, -0.15) is 0 Å². The molecular weight excluding hydrogens is 210 g/mol. The van der Waals surface area contributed by atoms with Crippen molar-refractivity contribution in [2.45, 2.75) is 47.5 Å². The van der Waals surface area contributed by atoms with Gasteiger partial charge >= 0.3 is 0 Å². The van der Waals surface area contributed by atoms with Crippen LogP contribution in [0.25, 0.3) is 0 Å². The van der Waals surface area contributed by atoms with E-state index in [1.165, 1.54) is 5.57 Å². The molecule has 0 radical (unpaired) electrons. The van der Waals surface area contributed by atoms with Crippen molar-refractivity contribution in [2.24, 2.45) is 5.41 Å². The molecular formula is C15H31NO. The van der Waals surface area contributed by atoms with E-state index in [-0.39, 0.29) is 0 Å². The molecule has 0 aliphatic rings. The van der Waals surface area contributed by atoms with Gasteiger partial charge in [0.1, 0.15) is 0 Å². The summed E-state index contributed by atoms with van der Waals surface area (Å²) in [5.41, 5.74) is 1.65. The highest BCUT2D eigenvalue weighted by Crippen LogP contribution is 2.24. The van der Waals surface area contributed by atoms with Crippen LogP contribution in [0.15, 0.2) is 12.2 Å². The van der Waals surface area contributed by atoms with Gasteiger partial charge in [0.25, 0.3) is 0 Å². The monoisotopic (exact) mass is 241 g/mol. The van der Waals surface area contributed by atoms with Gasteiger partial charge in [0.15, 0.2) is 0 Å². The minimum absolute atomic E-state index is 0.346. The Morgan fingerprint density at radius 1 is 1.12 bits per heavy atom. The molecule has 0 fully saturated rings. The minimum Gasteiger partial charge on any atom is -0.380 e. The van der Waals surface area contributed by atoms with Gasteiger partial charge in [0, 0.05) is 6.54 Å². The van der Waals surface area contributed by atoms with Crippen LogP contribution in [0.1, 0.15) is 47.5 Å². The Kier molecular flexibility index (Phi) is 8.53. The van der Waals surface area contributed by atoms with Gasteiger partial charge in [-0.3, -0.25) is 0 Å². The standard InChI is InChI=1S/C15H31NO/c1-7-16(8-2)10-12-17-11-9-14(3)13-15(4,5)6/h3,7-13H2,1-2,4-6H3. The van der Waals surface area contributed by atoms with Crippen molar-refractivity contribution in [1.82, 2.24) is 4.90 Å². The molecule has 0 aromatic carbocycles. The van der Waals surface area contributed by atoms with Crippen molar-refractivity contribution in [2.75, 3.05) is 32.8 Å². The molecule has 0 aliphatic heterocycles. The number of ether oxygens (including phenoxy) is 1. The van der Waals surface area contributed by atoms with Gasteiger partial charge in [-0.25, -0.2) is 0 Å². The first-order chi connectivity index (χ1) is 7.89. The van der Waals surface area contributed by atoms with E-state index in [9.17, 15) is 0 Å². The summed E-state index contributed by atoms with van der Waals surface area (Å²) in [4.78, 5) is 2.38. The lowest BCUT2D eigenvalue weighted by atomic mass is 9.87. The van der Waals surface area contributed by atoms with Gasteiger partial charge in [-0.05, 0) is 31.3 Å². The van der Waals surface area contributed by atoms with E-state index in [0.29, 0.717) is 5.41 Å². The summed E-state index contributed by atoms with van der Waals surface area (Å²) in [5, 5.41) is 0. The van der Waals surface area contributed by atoms with Crippen molar-refractivity contribution < 1.29 is 4.74 Å². The molecule has 2 nitrogen and oxygen atoms in total. The Hall–Kier alpha value is -0.340. The van der Waals surface area contributed by atoms with Gasteiger partial charge in [0.2, 0.25) is 0 Å². The minimum atomic E-state index is 0.346. The van der Waals surface area contributed by atoms with E-state index >= 15 is 0 Å². The fourth-order valence-corrected chi connectivity index (χ4v) is 1.89. The molecule has 0 amide bonds. The molecule has 0 saturated heterocycles. The maximum atomic E-state index is 5.65. The Labute approximate surface area is 108 Å². The second kappa shape index (κ2) is 8.71. The molecule has 0 aliphatic carbocycles. The zero-order chi connectivity index (χ0) is 13.3. The van der Waals surface area contributed by atoms with Crippen molar-refractivity contribution in [1.29, 1.82) is 0 Å². The second-order valence-electron chi connectivity index (χ2n) is 5.88. The quantitative estimate of drug-likeness (QED) is 0.450. The second-order valence-corrected chi connectivity index (χ2v) is 5.88. The smallest absolute Gasteiger partial charge is 0.0593 e. The van der Waals surface area contributed by atoms with E-state index in [1.54, 1.807) is 0 Å². The normalized spacial score (nSPS) is 12.1. The predicted molar refractivity (Wildman–Crippen MR) is 76.4 cm³/mol. The predicted octanol–water partition coefficient (Wildman–Crippen LogP) is 3.73. The van der Waals surface area contributed by atoms with Crippen LogP contribution in [0, 0.1) is 5.41 Å². The Morgan fingerprint density at radius 2 is 1.71 bits per heavy atom. The SMILES string of the molecule is C=C(CCOCCN(CC)CC)CC(C)(C)C. The summed E-state index contributed by atoms with van der Waals surface area (Å²) in [7, 11) is 0. The molecule has 102 valence electrons. The Morgan fingerprint density at radius 3 is 2.18 bits per heavy atom. The summed E-state index contributed by atoms with van der Waals surface area (Å²) in [6, 6.07) is 0. The van der Waals surface area contributed by atoms with E-state index in [4.69, 9.17) is 4.74 Å². The zero-order valence-electron chi connectivity index (χ0n) is 12.5. The first kappa shape index (κ1) is 16.7. The average molecular weight is 241 g/mol. The Bertz CT molecular complexity index is 201. The van der Waals surface area contributed by atoms with Gasteiger partial charge in [-0.1, -0.05) is 46.8 Å². The van der Waals surface area contributed by atoms with E-state index in [2.05, 4.69) is 46.1 Å². The highest BCUT2D eigenvalue weighted by atomic mass is 16.5. The van der Waals surface area contributed by atoms with E-state index in [1.807, 2.05) is 0 Å². The zero-order valence-corrected chi connectivity index (χ0v) is 12.5. The largest absolute Gasteiger partial charge is 0.380 e. The molecule has 2 heteroatoms. The lowest BCUT2D eigenvalue weighted by molar-refractivity contribution is 0.108. The third-order valence-electron chi connectivity index (χ3n) is 2.83. The molecule has 0 bridgehead atoms. The number of rotatable bonds is 9. The number of likely N-dealkylation sites (N-methyl/N-ethyl adjacent to an activating group) is 1. The first-order valence-electron chi connectivity index (χ1n) is 6.85. The fraction of sp³-hybridized carbons (Fsp3) is 0.867. The molecule has 0 N–H and O–H groups in total. The highest BCUT2D eigenvalue weighted by molar-refractivity contribution is 4.97. The van der Waals surface area contributed by atoms with Crippen LogP contribution in [-0.4, -0.2) is 37.7 Å². The van der Waals surface area contributed by atoms with Crippen LogP contribution in [0.2, 0.25) is 0 Å². The Balaban J connectivity index is 3.49. The topological polar surface area (TPSA) is 12.5 Å². The van der Waals surface area contributed by atoms with Crippen molar-refractivity contribution >= 4 is 0 Å². The van der Waals surface area contributed by atoms with Crippen LogP contribution >= 0.6 is 0 Å². The van der Waals surface area contributed by atoms with E-state index < -0.39 is 0 Å². The number of nitrogens with zero attached hydrogens (tertiary/aromatic N) is 1. The molecule has 0 heterocycles. The lowest BCUT2D eigenvalue weighted by Crippen LogP contribution is -2.27. The molecule has 0 unspecified atom stereocenters. The molecule has 0 aromatic heterocycles. The molecule has 0 spiro atoms. The van der Waals surface area contributed by atoms with Crippen LogP contribution in [-0.2, 0) is 4.74 Å². The third-order valence-corrected chi connectivity index (χ3v) is 2.83. The maximum absolute atomic E-state index is 5.65. The fourth-order valence-electron chi connectivity index (χ4n) is 1.89. The van der Waals surface area contributed by atoms with Gasteiger partial charge in [0.05, 0.1) is 13.2 Å². The lowest BCUT2D eigenvalue weighted by Gasteiger charge is -2.20. The van der Waals surface area contributed by atoms with Crippen molar-refractivity contribution in [3.8, 4) is 0 Å². The van der Waals surface area contributed by atoms with Gasteiger partial charge < -0.3 is 9.64 Å². The van der Waals surface area contributed by atoms with Crippen LogP contribution in [0.4, 0.5) is 0 Å². The van der Waals surface area contributed by atoms with Crippen LogP contribution in [0.3, 0.4) is 0 Å². The molecule has 0 rings (SSSR count). The van der Waals surface area contributed by atoms with Gasteiger partial charge in [-0.15, -0.1) is 0 Å². The number of hydrogen-bond acceptors (Lipinski definition) is 2. The summed E-state index contributed by atoms with van der Waals surface area (Å²) in [6.07, 6.45) is 2.09. The third kappa shape index (κ3) is 10.5. The molecule has 0 aromatic rings. The average Bonchev–Trinajstić information content (AvgIpc) is 2.21. The molecule has 0 atom stereocenters. The van der Waals surface area contributed by atoms with Crippen LogP contribution < -0.4 is 0 Å². The van der Waals surface area contributed by atoms with Crippen molar-refractivity contribution in [3.63, 3.8) is 0 Å².